The standard InChI is InChI=1S/C23H30N8O/c1-23(2,3)31-10-8-30(9-11-31)21(32)15-6-7-24-19(12-15)29-22-27-17-13-20(26-16-4-5-16)25-14-18(17)28-22/h6-7,12-14,16H,4-5,8-11H2,1-3H3,(H,25,26)(H2,24,27,28,29). The zero-order valence-electron chi connectivity index (χ0n) is 18.9. The Balaban J connectivity index is 1.26. The lowest BCUT2D eigenvalue weighted by Gasteiger charge is -2.42. The maximum Gasteiger partial charge on any atom is 0.254 e. The molecule has 1 aliphatic carbocycles. The van der Waals surface area contributed by atoms with Crippen LogP contribution >= 0.6 is 0 Å². The molecule has 0 spiro atoms. The fourth-order valence-electron chi connectivity index (χ4n) is 4.00. The van der Waals surface area contributed by atoms with Gasteiger partial charge in [-0.2, -0.15) is 0 Å². The Labute approximate surface area is 187 Å². The molecule has 3 aromatic heterocycles. The fraction of sp³-hybridized carbons (Fsp3) is 0.478. The topological polar surface area (TPSA) is 102 Å². The van der Waals surface area contributed by atoms with Gasteiger partial charge in [-0.15, -0.1) is 0 Å². The number of carbonyl (C=O) groups is 1. The number of nitrogens with zero attached hydrogens (tertiary/aromatic N) is 5. The van der Waals surface area contributed by atoms with Crippen molar-refractivity contribution in [3.05, 3.63) is 36.2 Å². The number of hydrogen-bond acceptors (Lipinski definition) is 7. The average Bonchev–Trinajstić information content (AvgIpc) is 3.50. The fourth-order valence-corrected chi connectivity index (χ4v) is 4.00. The molecule has 9 nitrogen and oxygen atoms in total. The van der Waals surface area contributed by atoms with E-state index in [-0.39, 0.29) is 11.4 Å². The summed E-state index contributed by atoms with van der Waals surface area (Å²) in [5.41, 5.74) is 2.42. The van der Waals surface area contributed by atoms with Gasteiger partial charge < -0.3 is 20.5 Å². The predicted molar refractivity (Wildman–Crippen MR) is 125 cm³/mol. The van der Waals surface area contributed by atoms with Gasteiger partial charge in [-0.3, -0.25) is 9.69 Å². The van der Waals surface area contributed by atoms with Crippen LogP contribution in [0.1, 0.15) is 44.0 Å². The lowest BCUT2D eigenvalue weighted by atomic mass is 10.0. The lowest BCUT2D eigenvalue weighted by molar-refractivity contribution is 0.0451. The quantitative estimate of drug-likeness (QED) is 0.567. The van der Waals surface area contributed by atoms with Crippen LogP contribution in [-0.2, 0) is 0 Å². The third-order valence-corrected chi connectivity index (χ3v) is 6.07. The highest BCUT2D eigenvalue weighted by Crippen LogP contribution is 2.26. The minimum Gasteiger partial charge on any atom is -0.367 e. The summed E-state index contributed by atoms with van der Waals surface area (Å²) in [6.07, 6.45) is 5.83. The molecule has 3 aromatic rings. The Hall–Kier alpha value is -3.20. The molecular formula is C23H30N8O. The van der Waals surface area contributed by atoms with Crippen molar-refractivity contribution in [2.75, 3.05) is 36.8 Å². The van der Waals surface area contributed by atoms with E-state index >= 15 is 0 Å². The molecule has 0 atom stereocenters. The highest BCUT2D eigenvalue weighted by Gasteiger charge is 2.28. The molecule has 1 amide bonds. The van der Waals surface area contributed by atoms with E-state index in [0.29, 0.717) is 23.4 Å². The second-order valence-corrected chi connectivity index (χ2v) is 9.60. The van der Waals surface area contributed by atoms with Crippen molar-refractivity contribution >= 4 is 34.5 Å². The summed E-state index contributed by atoms with van der Waals surface area (Å²) in [5, 5.41) is 6.57. The SMILES string of the molecule is CC(C)(C)N1CCN(C(=O)c2ccnc(Nc3nc4cc(NC5CC5)ncc4[nH]3)c2)CC1. The Bertz CT molecular complexity index is 1120. The lowest BCUT2D eigenvalue weighted by Crippen LogP contribution is -2.54. The summed E-state index contributed by atoms with van der Waals surface area (Å²) in [6, 6.07) is 6.03. The van der Waals surface area contributed by atoms with Crippen LogP contribution in [0.4, 0.5) is 17.6 Å². The number of rotatable bonds is 5. The summed E-state index contributed by atoms with van der Waals surface area (Å²) >= 11 is 0. The molecule has 5 rings (SSSR count). The highest BCUT2D eigenvalue weighted by atomic mass is 16.2. The number of fused-ring (bicyclic) bond motifs is 1. The van der Waals surface area contributed by atoms with Crippen LogP contribution < -0.4 is 10.6 Å². The number of anilines is 3. The number of carbonyl (C=O) groups excluding carboxylic acids is 1. The van der Waals surface area contributed by atoms with Gasteiger partial charge in [0.1, 0.15) is 11.6 Å². The third kappa shape index (κ3) is 4.52. The van der Waals surface area contributed by atoms with E-state index in [0.717, 1.165) is 43.0 Å². The monoisotopic (exact) mass is 434 g/mol. The summed E-state index contributed by atoms with van der Waals surface area (Å²) < 4.78 is 0. The molecule has 1 saturated carbocycles. The molecule has 168 valence electrons. The smallest absolute Gasteiger partial charge is 0.254 e. The third-order valence-electron chi connectivity index (χ3n) is 6.07. The Morgan fingerprint density at radius 3 is 2.59 bits per heavy atom. The van der Waals surface area contributed by atoms with E-state index in [2.05, 4.69) is 56.2 Å². The van der Waals surface area contributed by atoms with Crippen LogP contribution in [0.5, 0.6) is 0 Å². The van der Waals surface area contributed by atoms with Crippen molar-refractivity contribution in [3.8, 4) is 0 Å². The minimum atomic E-state index is 0.0357. The number of hydrogen-bond donors (Lipinski definition) is 3. The van der Waals surface area contributed by atoms with Gasteiger partial charge in [0.25, 0.3) is 5.91 Å². The Morgan fingerprint density at radius 2 is 1.88 bits per heavy atom. The number of aromatic nitrogens is 4. The molecular weight excluding hydrogens is 404 g/mol. The van der Waals surface area contributed by atoms with Crippen LogP contribution in [-0.4, -0.2) is 73.4 Å². The molecule has 1 saturated heterocycles. The van der Waals surface area contributed by atoms with E-state index in [1.165, 1.54) is 12.8 Å². The maximum atomic E-state index is 13.0. The largest absolute Gasteiger partial charge is 0.367 e. The van der Waals surface area contributed by atoms with E-state index in [1.807, 2.05) is 11.0 Å². The van der Waals surface area contributed by atoms with Gasteiger partial charge in [-0.1, -0.05) is 0 Å². The van der Waals surface area contributed by atoms with Gasteiger partial charge >= 0.3 is 0 Å². The number of imidazole rings is 1. The molecule has 0 radical (unpaired) electrons. The van der Waals surface area contributed by atoms with Crippen LogP contribution in [0, 0.1) is 0 Å². The molecule has 2 aliphatic rings. The first kappa shape index (κ1) is 20.7. The van der Waals surface area contributed by atoms with Gasteiger partial charge in [0, 0.05) is 55.6 Å². The summed E-state index contributed by atoms with van der Waals surface area (Å²) in [5.74, 6) is 2.03. The molecule has 0 unspecified atom stereocenters. The summed E-state index contributed by atoms with van der Waals surface area (Å²) in [6.45, 7) is 9.87. The van der Waals surface area contributed by atoms with Crippen molar-refractivity contribution in [2.24, 2.45) is 0 Å². The van der Waals surface area contributed by atoms with Gasteiger partial charge in [-0.25, -0.2) is 15.0 Å². The van der Waals surface area contributed by atoms with Gasteiger partial charge in [0.05, 0.1) is 17.2 Å². The predicted octanol–water partition coefficient (Wildman–Crippen LogP) is 3.23. The van der Waals surface area contributed by atoms with E-state index < -0.39 is 0 Å². The van der Waals surface area contributed by atoms with Crippen LogP contribution in [0.2, 0.25) is 0 Å². The van der Waals surface area contributed by atoms with E-state index in [9.17, 15) is 4.79 Å². The van der Waals surface area contributed by atoms with Crippen molar-refractivity contribution in [1.29, 1.82) is 0 Å². The van der Waals surface area contributed by atoms with Gasteiger partial charge in [0.15, 0.2) is 0 Å². The van der Waals surface area contributed by atoms with Gasteiger partial charge in [-0.05, 0) is 45.7 Å². The number of nitrogens with one attached hydrogen (secondary N) is 3. The molecule has 3 N–H and O–H groups in total. The second kappa shape index (κ2) is 8.05. The number of piperazine rings is 1. The Kier molecular flexibility index (Phi) is 5.21. The van der Waals surface area contributed by atoms with Gasteiger partial charge in [0.2, 0.25) is 5.95 Å². The average molecular weight is 435 g/mol. The molecule has 1 aliphatic heterocycles. The number of H-pyrrole nitrogens is 1. The molecule has 2 fully saturated rings. The zero-order chi connectivity index (χ0) is 22.3. The molecule has 0 bridgehead atoms. The van der Waals surface area contributed by atoms with E-state index in [4.69, 9.17) is 0 Å². The highest BCUT2D eigenvalue weighted by molar-refractivity contribution is 5.95. The first-order valence-corrected chi connectivity index (χ1v) is 11.2. The van der Waals surface area contributed by atoms with Crippen LogP contribution in [0.25, 0.3) is 11.0 Å². The second-order valence-electron chi connectivity index (χ2n) is 9.60. The van der Waals surface area contributed by atoms with Crippen molar-refractivity contribution < 1.29 is 4.79 Å². The molecule has 9 heteroatoms. The molecule has 0 aromatic carbocycles. The van der Waals surface area contributed by atoms with Crippen LogP contribution in [0.15, 0.2) is 30.6 Å². The zero-order valence-corrected chi connectivity index (χ0v) is 18.9. The number of amides is 1. The first-order valence-electron chi connectivity index (χ1n) is 11.2. The van der Waals surface area contributed by atoms with E-state index in [1.54, 1.807) is 24.5 Å². The summed E-state index contributed by atoms with van der Waals surface area (Å²) in [7, 11) is 0. The number of pyridine rings is 2. The molecule has 4 heterocycles. The normalized spacial score (nSPS) is 17.5. The first-order chi connectivity index (χ1) is 15.3. The van der Waals surface area contributed by atoms with Crippen molar-refractivity contribution in [2.45, 2.75) is 45.2 Å². The van der Waals surface area contributed by atoms with Crippen molar-refractivity contribution in [3.63, 3.8) is 0 Å². The Morgan fingerprint density at radius 1 is 1.09 bits per heavy atom. The van der Waals surface area contributed by atoms with Crippen LogP contribution in [0.3, 0.4) is 0 Å². The number of aromatic amines is 1. The van der Waals surface area contributed by atoms with Crippen molar-refractivity contribution in [1.82, 2.24) is 29.7 Å². The maximum absolute atomic E-state index is 13.0. The minimum absolute atomic E-state index is 0.0357. The summed E-state index contributed by atoms with van der Waals surface area (Å²) in [4.78, 5) is 34.0. The molecule has 32 heavy (non-hydrogen) atoms.